The van der Waals surface area contributed by atoms with E-state index in [9.17, 15) is 10.1 Å². The average molecular weight is 418 g/mol. The van der Waals surface area contributed by atoms with Crippen molar-refractivity contribution in [2.75, 3.05) is 12.4 Å². The number of aromatic nitrogens is 2. The van der Waals surface area contributed by atoms with Crippen LogP contribution in [0, 0.1) is 17.0 Å². The zero-order chi connectivity index (χ0) is 15.6. The summed E-state index contributed by atoms with van der Waals surface area (Å²) in [5.74, 6) is 0.866. The molecule has 0 aliphatic carbocycles. The van der Waals surface area contributed by atoms with Crippen LogP contribution in [-0.4, -0.2) is 21.9 Å². The van der Waals surface area contributed by atoms with Crippen LogP contribution in [0.3, 0.4) is 0 Å². The smallest absolute Gasteiger partial charge is 0.313 e. The van der Waals surface area contributed by atoms with Gasteiger partial charge in [0.05, 0.1) is 4.92 Å². The first-order valence-corrected chi connectivity index (χ1v) is 7.33. The molecule has 9 heteroatoms. The van der Waals surface area contributed by atoms with Crippen molar-refractivity contribution in [3.8, 4) is 11.6 Å². The fraction of sp³-hybridized carbons (Fsp3) is 0.167. The molecule has 21 heavy (non-hydrogen) atoms. The number of nitrogens with one attached hydrogen (secondary N) is 1. The molecule has 1 aromatic heterocycles. The van der Waals surface area contributed by atoms with Crippen LogP contribution in [-0.2, 0) is 0 Å². The molecule has 2 aromatic rings. The van der Waals surface area contributed by atoms with E-state index >= 15 is 0 Å². The van der Waals surface area contributed by atoms with Gasteiger partial charge in [0.15, 0.2) is 0 Å². The van der Waals surface area contributed by atoms with Crippen molar-refractivity contribution in [1.82, 2.24) is 9.97 Å². The third kappa shape index (κ3) is 3.30. The molecule has 0 spiro atoms. The number of anilines is 1. The predicted octanol–water partition coefficient (Wildman–Crippen LogP) is 4.05. The van der Waals surface area contributed by atoms with Crippen molar-refractivity contribution in [2.24, 2.45) is 0 Å². The lowest BCUT2D eigenvalue weighted by Crippen LogP contribution is -2.00. The number of ether oxygens (including phenoxy) is 1. The number of benzene rings is 1. The van der Waals surface area contributed by atoms with Crippen molar-refractivity contribution < 1.29 is 9.66 Å². The van der Waals surface area contributed by atoms with E-state index in [1.54, 1.807) is 20.0 Å². The lowest BCUT2D eigenvalue weighted by Gasteiger charge is -2.11. The minimum absolute atomic E-state index is 0.140. The van der Waals surface area contributed by atoms with Crippen LogP contribution in [0.4, 0.5) is 11.5 Å². The molecule has 0 aliphatic heterocycles. The molecule has 0 unspecified atom stereocenters. The molecule has 1 aromatic carbocycles. The highest BCUT2D eigenvalue weighted by molar-refractivity contribution is 9.11. The monoisotopic (exact) mass is 416 g/mol. The summed E-state index contributed by atoms with van der Waals surface area (Å²) in [6.45, 7) is 1.72. The number of aryl methyl sites for hydroxylation is 1. The summed E-state index contributed by atoms with van der Waals surface area (Å²) in [6, 6.07) is 3.12. The molecular weight excluding hydrogens is 408 g/mol. The summed E-state index contributed by atoms with van der Waals surface area (Å²) in [6.07, 6.45) is 1.31. The minimum Gasteiger partial charge on any atom is -0.430 e. The summed E-state index contributed by atoms with van der Waals surface area (Å²) in [7, 11) is 1.70. The summed E-state index contributed by atoms with van der Waals surface area (Å²) < 4.78 is 6.73. The maximum absolute atomic E-state index is 11.2. The third-order valence-electron chi connectivity index (χ3n) is 2.61. The van der Waals surface area contributed by atoms with Gasteiger partial charge in [0.25, 0.3) is 0 Å². The second kappa shape index (κ2) is 6.35. The maximum Gasteiger partial charge on any atom is 0.313 e. The third-order valence-corrected chi connectivity index (χ3v) is 3.78. The Morgan fingerprint density at radius 2 is 2.05 bits per heavy atom. The summed E-state index contributed by atoms with van der Waals surface area (Å²) >= 11 is 6.54. The Bertz CT molecular complexity index is 709. The summed E-state index contributed by atoms with van der Waals surface area (Å²) in [5, 5.41) is 14.0. The Hall–Kier alpha value is -1.74. The van der Waals surface area contributed by atoms with Gasteiger partial charge in [0.1, 0.15) is 16.6 Å². The van der Waals surface area contributed by atoms with Gasteiger partial charge in [-0.25, -0.2) is 9.97 Å². The molecular formula is C12H10Br2N4O3. The van der Waals surface area contributed by atoms with Crippen molar-refractivity contribution >= 4 is 43.4 Å². The largest absolute Gasteiger partial charge is 0.430 e. The number of nitrogens with zero attached hydrogens (tertiary/aromatic N) is 3. The van der Waals surface area contributed by atoms with E-state index < -0.39 is 4.92 Å². The number of hydrogen-bond acceptors (Lipinski definition) is 6. The van der Waals surface area contributed by atoms with Crippen molar-refractivity contribution in [3.05, 3.63) is 43.1 Å². The van der Waals surface area contributed by atoms with Crippen molar-refractivity contribution in [3.63, 3.8) is 0 Å². The van der Waals surface area contributed by atoms with E-state index in [-0.39, 0.29) is 17.3 Å². The quantitative estimate of drug-likeness (QED) is 0.596. The van der Waals surface area contributed by atoms with Crippen LogP contribution in [0.2, 0.25) is 0 Å². The van der Waals surface area contributed by atoms with Gasteiger partial charge in [-0.05, 0) is 28.9 Å². The van der Waals surface area contributed by atoms with Crippen molar-refractivity contribution in [1.29, 1.82) is 0 Å². The summed E-state index contributed by atoms with van der Waals surface area (Å²) in [5.41, 5.74) is 0.478. The van der Waals surface area contributed by atoms with Gasteiger partial charge in [-0.1, -0.05) is 15.9 Å². The Kier molecular flexibility index (Phi) is 4.73. The van der Waals surface area contributed by atoms with E-state index in [1.807, 2.05) is 0 Å². The zero-order valence-corrected chi connectivity index (χ0v) is 14.2. The molecule has 0 saturated heterocycles. The standard InChI is InChI=1S/C12H10Br2N4O3/c1-6-3-7(13)4-8(18(19)20)10(6)21-12-9(14)11(15-2)16-5-17-12/h3-5H,1-2H3,(H,15,16,17). The predicted molar refractivity (Wildman–Crippen MR) is 84.9 cm³/mol. The second-order valence-electron chi connectivity index (χ2n) is 4.02. The lowest BCUT2D eigenvalue weighted by atomic mass is 10.2. The molecule has 2 rings (SSSR count). The Morgan fingerprint density at radius 1 is 1.33 bits per heavy atom. The molecule has 0 aliphatic rings. The molecule has 0 atom stereocenters. The fourth-order valence-corrected chi connectivity index (χ4v) is 2.72. The Morgan fingerprint density at radius 3 is 2.67 bits per heavy atom. The number of nitro groups is 1. The number of nitro benzene ring substituents is 1. The highest BCUT2D eigenvalue weighted by Gasteiger charge is 2.21. The van der Waals surface area contributed by atoms with Crippen molar-refractivity contribution in [2.45, 2.75) is 6.92 Å². The molecule has 0 bridgehead atoms. The average Bonchev–Trinajstić information content (AvgIpc) is 2.43. The summed E-state index contributed by atoms with van der Waals surface area (Å²) in [4.78, 5) is 18.7. The van der Waals surface area contributed by atoms with E-state index in [2.05, 4.69) is 47.1 Å². The zero-order valence-electron chi connectivity index (χ0n) is 11.1. The van der Waals surface area contributed by atoms with E-state index in [0.29, 0.717) is 20.3 Å². The van der Waals surface area contributed by atoms with Crippen LogP contribution in [0.25, 0.3) is 0 Å². The van der Waals surface area contributed by atoms with Gasteiger partial charge in [-0.2, -0.15) is 0 Å². The number of rotatable bonds is 4. The van der Waals surface area contributed by atoms with Crippen LogP contribution in [0.15, 0.2) is 27.4 Å². The molecule has 0 amide bonds. The van der Waals surface area contributed by atoms with E-state index in [1.165, 1.54) is 12.4 Å². The lowest BCUT2D eigenvalue weighted by molar-refractivity contribution is -0.385. The van der Waals surface area contributed by atoms with Gasteiger partial charge in [0, 0.05) is 23.2 Å². The molecule has 110 valence electrons. The first-order valence-electron chi connectivity index (χ1n) is 5.74. The van der Waals surface area contributed by atoms with Gasteiger partial charge < -0.3 is 10.1 Å². The molecule has 0 saturated carbocycles. The molecule has 0 radical (unpaired) electrons. The number of hydrogen-bond donors (Lipinski definition) is 1. The highest BCUT2D eigenvalue weighted by atomic mass is 79.9. The Labute approximate surface area is 137 Å². The highest BCUT2D eigenvalue weighted by Crippen LogP contribution is 2.39. The van der Waals surface area contributed by atoms with E-state index in [4.69, 9.17) is 4.74 Å². The first kappa shape index (κ1) is 15.6. The molecule has 1 heterocycles. The topological polar surface area (TPSA) is 90.2 Å². The molecule has 0 fully saturated rings. The van der Waals surface area contributed by atoms with E-state index in [0.717, 1.165) is 0 Å². The minimum atomic E-state index is -0.499. The van der Waals surface area contributed by atoms with Crippen LogP contribution in [0.1, 0.15) is 5.56 Å². The number of halogens is 2. The second-order valence-corrected chi connectivity index (χ2v) is 5.73. The van der Waals surface area contributed by atoms with Gasteiger partial charge in [-0.15, -0.1) is 0 Å². The molecule has 1 N–H and O–H groups in total. The SMILES string of the molecule is CNc1ncnc(Oc2c(C)cc(Br)cc2[N+](=O)[O-])c1Br. The van der Waals surface area contributed by atoms with Gasteiger partial charge in [-0.3, -0.25) is 10.1 Å². The first-order chi connectivity index (χ1) is 9.93. The van der Waals surface area contributed by atoms with Gasteiger partial charge >= 0.3 is 5.69 Å². The van der Waals surface area contributed by atoms with Crippen LogP contribution in [0.5, 0.6) is 11.6 Å². The Balaban J connectivity index is 2.52. The maximum atomic E-state index is 11.2. The molecule has 7 nitrogen and oxygen atoms in total. The van der Waals surface area contributed by atoms with Crippen LogP contribution < -0.4 is 10.1 Å². The fourth-order valence-electron chi connectivity index (χ4n) is 1.68. The van der Waals surface area contributed by atoms with Gasteiger partial charge in [0.2, 0.25) is 11.6 Å². The normalized spacial score (nSPS) is 10.3. The van der Waals surface area contributed by atoms with Crippen LogP contribution >= 0.6 is 31.9 Å².